The van der Waals surface area contributed by atoms with Gasteiger partial charge in [0, 0.05) is 30.8 Å². The molecule has 2 unspecified atom stereocenters. The minimum absolute atomic E-state index is 0.00990. The number of fused-ring (bicyclic) bond motifs is 1. The molecular weight excluding hydrogens is 484 g/mol. The molecule has 1 heterocycles. The number of hydrogen-bond donors (Lipinski definition) is 2. The largest absolute Gasteiger partial charge is 0.497 e. The van der Waals surface area contributed by atoms with Crippen LogP contribution >= 0.6 is 0 Å². The van der Waals surface area contributed by atoms with E-state index in [0.717, 1.165) is 28.0 Å². The summed E-state index contributed by atoms with van der Waals surface area (Å²) in [5.41, 5.74) is 2.45. The number of nitrogens with zero attached hydrogens (tertiary/aromatic N) is 1. The van der Waals surface area contributed by atoms with Crippen LogP contribution in [0.15, 0.2) is 71.5 Å². The third-order valence-electron chi connectivity index (χ3n) is 6.60. The van der Waals surface area contributed by atoms with Crippen LogP contribution in [0.4, 0.5) is 0 Å². The van der Waals surface area contributed by atoms with Gasteiger partial charge in [0.2, 0.25) is 0 Å². The maximum atomic E-state index is 13.0. The Morgan fingerprint density at radius 1 is 0.895 bits per heavy atom. The van der Waals surface area contributed by atoms with Crippen molar-refractivity contribution in [3.05, 3.63) is 82.6 Å². The van der Waals surface area contributed by atoms with Gasteiger partial charge in [-0.25, -0.2) is 0 Å². The highest BCUT2D eigenvalue weighted by molar-refractivity contribution is 5.86. The number of pyridine rings is 1. The molecule has 2 N–H and O–H groups in total. The predicted molar refractivity (Wildman–Crippen MR) is 149 cm³/mol. The minimum atomic E-state index is -0.741. The molecule has 0 amide bonds. The van der Waals surface area contributed by atoms with Gasteiger partial charge in [-0.1, -0.05) is 24.3 Å². The maximum Gasteiger partial charge on any atom is 0.258 e. The van der Waals surface area contributed by atoms with Crippen LogP contribution in [0, 0.1) is 0 Å². The van der Waals surface area contributed by atoms with Crippen molar-refractivity contribution >= 4 is 10.8 Å². The van der Waals surface area contributed by atoms with E-state index in [9.17, 15) is 9.90 Å². The first-order valence-electron chi connectivity index (χ1n) is 12.4. The summed E-state index contributed by atoms with van der Waals surface area (Å²) >= 11 is 0. The Bertz CT molecular complexity index is 1470. The molecule has 4 rings (SSSR count). The van der Waals surface area contributed by atoms with Gasteiger partial charge in [-0.2, -0.15) is 0 Å². The fourth-order valence-corrected chi connectivity index (χ4v) is 4.42. The van der Waals surface area contributed by atoms with Crippen molar-refractivity contribution in [1.82, 2.24) is 9.88 Å². The van der Waals surface area contributed by atoms with Gasteiger partial charge in [-0.3, -0.25) is 4.79 Å². The number of aromatic nitrogens is 1. The zero-order valence-corrected chi connectivity index (χ0v) is 22.4. The van der Waals surface area contributed by atoms with Gasteiger partial charge in [0.25, 0.3) is 5.56 Å². The summed E-state index contributed by atoms with van der Waals surface area (Å²) in [7, 11) is 6.52. The first-order valence-corrected chi connectivity index (χ1v) is 12.4. The number of aliphatic hydroxyl groups excluding tert-OH is 1. The molecule has 4 aromatic rings. The van der Waals surface area contributed by atoms with Gasteiger partial charge in [-0.15, -0.1) is 0 Å². The van der Waals surface area contributed by atoms with E-state index in [1.54, 1.807) is 45.1 Å². The van der Waals surface area contributed by atoms with Crippen LogP contribution in [0.3, 0.4) is 0 Å². The second-order valence-electron chi connectivity index (χ2n) is 9.05. The molecular formula is C30H34N2O6. The molecule has 3 aromatic carbocycles. The lowest BCUT2D eigenvalue weighted by Crippen LogP contribution is -2.33. The van der Waals surface area contributed by atoms with Crippen LogP contribution < -0.4 is 29.8 Å². The quantitative estimate of drug-likeness (QED) is 0.306. The van der Waals surface area contributed by atoms with Gasteiger partial charge < -0.3 is 33.9 Å². The monoisotopic (exact) mass is 518 g/mol. The van der Waals surface area contributed by atoms with Gasteiger partial charge in [0.05, 0.1) is 32.4 Å². The zero-order chi connectivity index (χ0) is 27.2. The van der Waals surface area contributed by atoms with E-state index in [1.807, 2.05) is 61.5 Å². The van der Waals surface area contributed by atoms with Crippen molar-refractivity contribution in [2.75, 3.05) is 34.5 Å². The van der Waals surface area contributed by atoms with E-state index >= 15 is 0 Å². The average Bonchev–Trinajstić information content (AvgIpc) is 2.96. The van der Waals surface area contributed by atoms with Crippen LogP contribution in [-0.4, -0.2) is 50.3 Å². The van der Waals surface area contributed by atoms with Gasteiger partial charge >= 0.3 is 0 Å². The van der Waals surface area contributed by atoms with E-state index in [4.69, 9.17) is 18.9 Å². The zero-order valence-electron chi connectivity index (χ0n) is 22.4. The molecule has 8 nitrogen and oxygen atoms in total. The van der Waals surface area contributed by atoms with Crippen molar-refractivity contribution < 1.29 is 24.1 Å². The van der Waals surface area contributed by atoms with Crippen LogP contribution in [-0.2, 0) is 7.05 Å². The number of aliphatic hydroxyl groups is 1. The number of benzene rings is 3. The fraction of sp³-hybridized carbons (Fsp3) is 0.300. The van der Waals surface area contributed by atoms with Gasteiger partial charge in [0.1, 0.15) is 24.2 Å². The highest BCUT2D eigenvalue weighted by Crippen LogP contribution is 2.33. The Kier molecular flexibility index (Phi) is 8.55. The topological polar surface area (TPSA) is 91.2 Å². The predicted octanol–water partition coefficient (Wildman–Crippen LogP) is 4.32. The summed E-state index contributed by atoms with van der Waals surface area (Å²) in [4.78, 5) is 13.0. The van der Waals surface area contributed by atoms with Crippen LogP contribution in [0.1, 0.15) is 18.5 Å². The van der Waals surface area contributed by atoms with E-state index in [-0.39, 0.29) is 18.2 Å². The standard InChI is InChI=1S/C30H34N2O6/c1-19(24-8-6-7-9-27(24)36-4)31-17-22(33)18-38-28-13-11-21(15-29(28)37-5)26-14-20-10-12-23(35-3)16-25(20)30(34)32(26)2/h6-16,19,22,31,33H,17-18H2,1-5H3. The fourth-order valence-electron chi connectivity index (χ4n) is 4.42. The second-order valence-corrected chi connectivity index (χ2v) is 9.05. The number of hydrogen-bond acceptors (Lipinski definition) is 7. The number of para-hydroxylation sites is 1. The van der Waals surface area contributed by atoms with Crippen molar-refractivity contribution in [2.24, 2.45) is 7.05 Å². The third kappa shape index (κ3) is 5.77. The van der Waals surface area contributed by atoms with Crippen molar-refractivity contribution in [1.29, 1.82) is 0 Å². The molecule has 200 valence electrons. The summed E-state index contributed by atoms with van der Waals surface area (Å²) < 4.78 is 23.8. The number of rotatable bonds is 11. The van der Waals surface area contributed by atoms with E-state index in [1.165, 1.54) is 0 Å². The summed E-state index contributed by atoms with van der Waals surface area (Å²) in [5.74, 6) is 2.44. The Hall–Kier alpha value is -4.01. The van der Waals surface area contributed by atoms with Gasteiger partial charge in [0.15, 0.2) is 11.5 Å². The summed E-state index contributed by atoms with van der Waals surface area (Å²) in [6.07, 6.45) is -0.741. The molecule has 2 atom stereocenters. The summed E-state index contributed by atoms with van der Waals surface area (Å²) in [6, 6.07) is 20.7. The highest BCUT2D eigenvalue weighted by Gasteiger charge is 2.16. The molecule has 0 saturated carbocycles. The van der Waals surface area contributed by atoms with E-state index in [0.29, 0.717) is 29.2 Å². The number of nitrogens with one attached hydrogen (secondary N) is 1. The molecule has 0 fully saturated rings. The van der Waals surface area contributed by atoms with E-state index < -0.39 is 6.10 Å². The lowest BCUT2D eigenvalue weighted by molar-refractivity contribution is 0.102. The average molecular weight is 519 g/mol. The van der Waals surface area contributed by atoms with Crippen molar-refractivity contribution in [2.45, 2.75) is 19.1 Å². The highest BCUT2D eigenvalue weighted by atomic mass is 16.5. The first kappa shape index (κ1) is 27.0. The summed E-state index contributed by atoms with van der Waals surface area (Å²) in [6.45, 7) is 2.44. The number of methoxy groups -OCH3 is 3. The van der Waals surface area contributed by atoms with Crippen molar-refractivity contribution in [3.8, 4) is 34.3 Å². The molecule has 8 heteroatoms. The molecule has 0 aliphatic heterocycles. The molecule has 0 bridgehead atoms. The molecule has 0 aliphatic rings. The molecule has 0 radical (unpaired) electrons. The number of ether oxygens (including phenoxy) is 4. The van der Waals surface area contributed by atoms with E-state index in [2.05, 4.69) is 5.32 Å². The minimum Gasteiger partial charge on any atom is -0.497 e. The Labute approximate surface area is 222 Å². The molecule has 1 aromatic heterocycles. The lowest BCUT2D eigenvalue weighted by Gasteiger charge is -2.20. The lowest BCUT2D eigenvalue weighted by atomic mass is 10.1. The molecule has 0 aliphatic carbocycles. The summed E-state index contributed by atoms with van der Waals surface area (Å²) in [5, 5.41) is 15.3. The van der Waals surface area contributed by atoms with Crippen LogP contribution in [0.25, 0.3) is 22.0 Å². The van der Waals surface area contributed by atoms with Crippen LogP contribution in [0.5, 0.6) is 23.0 Å². The maximum absolute atomic E-state index is 13.0. The Morgan fingerprint density at radius 3 is 2.39 bits per heavy atom. The first-order chi connectivity index (χ1) is 18.4. The van der Waals surface area contributed by atoms with Gasteiger partial charge in [-0.05, 0) is 54.8 Å². The SMILES string of the molecule is COc1ccc2cc(-c3ccc(OCC(O)CNC(C)c4ccccc4OC)c(OC)c3)n(C)c(=O)c2c1. The molecule has 0 saturated heterocycles. The molecule has 38 heavy (non-hydrogen) atoms. The Balaban J connectivity index is 1.46. The smallest absolute Gasteiger partial charge is 0.258 e. The molecule has 0 spiro atoms. The van der Waals surface area contributed by atoms with Crippen LogP contribution in [0.2, 0.25) is 0 Å². The normalized spacial score (nSPS) is 12.7. The second kappa shape index (κ2) is 12.0. The van der Waals surface area contributed by atoms with Crippen molar-refractivity contribution in [3.63, 3.8) is 0 Å². The third-order valence-corrected chi connectivity index (χ3v) is 6.60. The Morgan fingerprint density at radius 2 is 1.66 bits per heavy atom.